The molecule has 1 saturated heterocycles. The van der Waals surface area contributed by atoms with Gasteiger partial charge in [-0.25, -0.2) is 0 Å². The van der Waals surface area contributed by atoms with Crippen LogP contribution in [0.2, 0.25) is 5.02 Å². The number of nitrogens with zero attached hydrogens (tertiary/aromatic N) is 2. The molecule has 0 bridgehead atoms. The van der Waals surface area contributed by atoms with Crippen LogP contribution in [-0.4, -0.2) is 48.0 Å². The van der Waals surface area contributed by atoms with Crippen molar-refractivity contribution in [2.24, 2.45) is 0 Å². The van der Waals surface area contributed by atoms with Crippen molar-refractivity contribution in [1.29, 1.82) is 0 Å². The molecule has 8 nitrogen and oxygen atoms in total. The van der Waals surface area contributed by atoms with Crippen molar-refractivity contribution in [1.82, 2.24) is 9.88 Å². The number of methoxy groups -OCH3 is 3. The Bertz CT molecular complexity index is 1310. The van der Waals surface area contributed by atoms with E-state index in [1.807, 2.05) is 0 Å². The fraction of sp³-hybridized carbons (Fsp3) is 0.192. The Morgan fingerprint density at radius 2 is 1.66 bits per heavy atom. The van der Waals surface area contributed by atoms with Crippen LogP contribution in [0.3, 0.4) is 0 Å². The van der Waals surface area contributed by atoms with Crippen LogP contribution in [0.25, 0.3) is 5.76 Å². The number of ketones is 1. The zero-order chi connectivity index (χ0) is 25.1. The van der Waals surface area contributed by atoms with Crippen LogP contribution in [0.5, 0.6) is 17.2 Å². The van der Waals surface area contributed by atoms with Crippen molar-refractivity contribution in [3.05, 3.63) is 88.2 Å². The number of aliphatic hydroxyl groups is 1. The summed E-state index contributed by atoms with van der Waals surface area (Å²) in [6, 6.07) is 14.3. The molecule has 2 aromatic carbocycles. The number of carbonyl (C=O) groups is 2. The maximum Gasteiger partial charge on any atom is 0.296 e. The molecule has 1 aliphatic rings. The predicted molar refractivity (Wildman–Crippen MR) is 130 cm³/mol. The third-order valence-corrected chi connectivity index (χ3v) is 6.06. The molecule has 0 saturated carbocycles. The van der Waals surface area contributed by atoms with Crippen molar-refractivity contribution in [2.45, 2.75) is 12.6 Å². The van der Waals surface area contributed by atoms with E-state index < -0.39 is 23.5 Å². The average molecular weight is 495 g/mol. The molecule has 1 fully saturated rings. The Morgan fingerprint density at radius 1 is 0.971 bits per heavy atom. The van der Waals surface area contributed by atoms with Gasteiger partial charge in [0.2, 0.25) is 0 Å². The van der Waals surface area contributed by atoms with Crippen LogP contribution >= 0.6 is 11.6 Å². The molecule has 0 aliphatic carbocycles. The largest absolute Gasteiger partial charge is 0.507 e. The quantitative estimate of drug-likeness (QED) is 0.295. The van der Waals surface area contributed by atoms with Crippen LogP contribution in [0, 0.1) is 0 Å². The lowest BCUT2D eigenvalue weighted by atomic mass is 9.94. The summed E-state index contributed by atoms with van der Waals surface area (Å²) in [5.41, 5.74) is 1.15. The first-order valence-electron chi connectivity index (χ1n) is 10.6. The van der Waals surface area contributed by atoms with E-state index in [9.17, 15) is 14.7 Å². The second kappa shape index (κ2) is 10.1. The molecule has 1 N–H and O–H groups in total. The molecule has 9 heteroatoms. The van der Waals surface area contributed by atoms with Crippen LogP contribution in [-0.2, 0) is 16.1 Å². The third-order valence-electron chi connectivity index (χ3n) is 5.76. The van der Waals surface area contributed by atoms with Gasteiger partial charge in [-0.2, -0.15) is 0 Å². The van der Waals surface area contributed by atoms with Gasteiger partial charge < -0.3 is 24.2 Å². The lowest BCUT2D eigenvalue weighted by Gasteiger charge is -2.26. The molecule has 0 radical (unpaired) electrons. The number of ether oxygens (including phenoxy) is 3. The number of amides is 1. The zero-order valence-electron chi connectivity index (χ0n) is 19.3. The summed E-state index contributed by atoms with van der Waals surface area (Å²) in [5, 5.41) is 11.6. The standard InChI is InChI=1S/C26H23ClN2O6/c1-33-19-10-5-4-9-16(19)23-22(24(30)17-12-18(27)21(35-3)13-20(17)34-2)25(31)26(32)29(23)14-15-8-6-7-11-28-15/h4-13,23,30H,14H2,1-3H3/b24-22+. The normalized spacial score (nSPS) is 16.9. The highest BCUT2D eigenvalue weighted by molar-refractivity contribution is 6.46. The summed E-state index contributed by atoms with van der Waals surface area (Å²) in [7, 11) is 4.36. The predicted octanol–water partition coefficient (Wildman–Crippen LogP) is 4.38. The first kappa shape index (κ1) is 24.1. The monoisotopic (exact) mass is 494 g/mol. The molecule has 35 heavy (non-hydrogen) atoms. The molecular weight excluding hydrogens is 472 g/mol. The number of pyridine rings is 1. The molecule has 3 aromatic rings. The second-order valence-corrected chi connectivity index (χ2v) is 8.08. The van der Waals surface area contributed by atoms with Crippen molar-refractivity contribution >= 4 is 29.1 Å². The van der Waals surface area contributed by atoms with Crippen molar-refractivity contribution in [3.8, 4) is 17.2 Å². The van der Waals surface area contributed by atoms with Crippen molar-refractivity contribution < 1.29 is 28.9 Å². The zero-order valence-corrected chi connectivity index (χ0v) is 20.1. The Morgan fingerprint density at radius 3 is 2.31 bits per heavy atom. The van der Waals surface area contributed by atoms with Gasteiger partial charge in [0.15, 0.2) is 0 Å². The SMILES string of the molecule is COc1cc(OC)c(/C(O)=C2\C(=O)C(=O)N(Cc3ccccn3)C2c2ccccc2OC)cc1Cl. The van der Waals surface area contributed by atoms with Gasteiger partial charge in [-0.3, -0.25) is 14.6 Å². The first-order chi connectivity index (χ1) is 16.9. The molecule has 1 unspecified atom stereocenters. The average Bonchev–Trinajstić information content (AvgIpc) is 3.13. The number of benzene rings is 2. The van der Waals surface area contributed by atoms with Gasteiger partial charge in [-0.15, -0.1) is 0 Å². The van der Waals surface area contributed by atoms with E-state index in [-0.39, 0.29) is 28.5 Å². The lowest BCUT2D eigenvalue weighted by Crippen LogP contribution is -2.29. The van der Waals surface area contributed by atoms with E-state index in [4.69, 9.17) is 25.8 Å². The van der Waals surface area contributed by atoms with E-state index in [1.54, 1.807) is 48.7 Å². The summed E-state index contributed by atoms with van der Waals surface area (Å²) >= 11 is 6.31. The number of aliphatic hydroxyl groups excluding tert-OH is 1. The minimum absolute atomic E-state index is 0.0470. The number of hydrogen-bond acceptors (Lipinski definition) is 7. The van der Waals surface area contributed by atoms with Gasteiger partial charge in [0, 0.05) is 17.8 Å². The number of Topliss-reactive ketones (excluding diaryl/α,β-unsaturated/α-hetero) is 1. The van der Waals surface area contributed by atoms with E-state index in [1.165, 1.54) is 38.4 Å². The van der Waals surface area contributed by atoms with E-state index in [0.717, 1.165) is 0 Å². The minimum atomic E-state index is -0.946. The summed E-state index contributed by atoms with van der Waals surface area (Å²) in [5.74, 6) is -1.04. The molecule has 0 spiro atoms. The van der Waals surface area contributed by atoms with Crippen LogP contribution in [0.4, 0.5) is 0 Å². The number of carbonyl (C=O) groups excluding carboxylic acids is 2. The number of hydrogen-bond donors (Lipinski definition) is 1. The Balaban J connectivity index is 1.95. The number of aromatic nitrogens is 1. The Labute approximate surface area is 207 Å². The topological polar surface area (TPSA) is 98.2 Å². The van der Waals surface area contributed by atoms with E-state index in [2.05, 4.69) is 4.98 Å². The van der Waals surface area contributed by atoms with E-state index >= 15 is 0 Å². The number of para-hydroxylation sites is 1. The number of rotatable bonds is 7. The fourth-order valence-corrected chi connectivity index (χ4v) is 4.36. The summed E-state index contributed by atoms with van der Waals surface area (Å²) in [6.07, 6.45) is 1.61. The highest BCUT2D eigenvalue weighted by Gasteiger charge is 2.47. The third kappa shape index (κ3) is 4.40. The van der Waals surface area contributed by atoms with Gasteiger partial charge in [0.05, 0.1) is 55.8 Å². The van der Waals surface area contributed by atoms with Crippen LogP contribution in [0.1, 0.15) is 22.9 Å². The van der Waals surface area contributed by atoms with Gasteiger partial charge in [-0.05, 0) is 24.3 Å². The number of likely N-dealkylation sites (tertiary alicyclic amines) is 1. The van der Waals surface area contributed by atoms with E-state index in [0.29, 0.717) is 22.8 Å². The number of halogens is 1. The summed E-state index contributed by atoms with van der Waals surface area (Å²) in [6.45, 7) is 0.0470. The van der Waals surface area contributed by atoms with Crippen molar-refractivity contribution in [2.75, 3.05) is 21.3 Å². The summed E-state index contributed by atoms with van der Waals surface area (Å²) in [4.78, 5) is 32.2. The Kier molecular flexibility index (Phi) is 6.93. The fourth-order valence-electron chi connectivity index (χ4n) is 4.12. The molecule has 4 rings (SSSR count). The van der Waals surface area contributed by atoms with Crippen molar-refractivity contribution in [3.63, 3.8) is 0 Å². The summed E-state index contributed by atoms with van der Waals surface area (Å²) < 4.78 is 16.2. The van der Waals surface area contributed by atoms with Crippen LogP contribution in [0.15, 0.2) is 66.4 Å². The highest BCUT2D eigenvalue weighted by Crippen LogP contribution is 2.45. The maximum absolute atomic E-state index is 13.3. The second-order valence-electron chi connectivity index (χ2n) is 7.68. The molecule has 1 atom stereocenters. The molecule has 1 aliphatic heterocycles. The van der Waals surface area contributed by atoms with Gasteiger partial charge in [0.25, 0.3) is 11.7 Å². The smallest absolute Gasteiger partial charge is 0.296 e. The molecule has 2 heterocycles. The Hall–Kier alpha value is -4.04. The van der Waals surface area contributed by atoms with Gasteiger partial charge >= 0.3 is 0 Å². The molecule has 180 valence electrons. The molecule has 1 amide bonds. The highest BCUT2D eigenvalue weighted by atomic mass is 35.5. The van der Waals surface area contributed by atoms with Gasteiger partial charge in [0.1, 0.15) is 23.0 Å². The maximum atomic E-state index is 13.3. The van der Waals surface area contributed by atoms with Gasteiger partial charge in [-0.1, -0.05) is 35.9 Å². The van der Waals surface area contributed by atoms with Crippen LogP contribution < -0.4 is 14.2 Å². The minimum Gasteiger partial charge on any atom is -0.507 e. The molecule has 1 aromatic heterocycles. The lowest BCUT2D eigenvalue weighted by molar-refractivity contribution is -0.140. The molecular formula is C26H23ClN2O6. The first-order valence-corrected chi connectivity index (χ1v) is 11.0.